The fourth-order valence-corrected chi connectivity index (χ4v) is 4.12. The van der Waals surface area contributed by atoms with Crippen LogP contribution in [-0.4, -0.2) is 56.4 Å². The van der Waals surface area contributed by atoms with Crippen LogP contribution in [0.2, 0.25) is 0 Å². The Morgan fingerprint density at radius 3 is 2.80 bits per heavy atom. The van der Waals surface area contributed by atoms with E-state index in [9.17, 15) is 18.0 Å². The summed E-state index contributed by atoms with van der Waals surface area (Å²) in [6, 6.07) is 7.02. The van der Waals surface area contributed by atoms with Gasteiger partial charge in [-0.1, -0.05) is 6.92 Å². The second kappa shape index (κ2) is 12.6. The number of nitrogens with one attached hydrogen (secondary N) is 2. The number of ether oxygens (including phenoxy) is 1. The van der Waals surface area contributed by atoms with Crippen molar-refractivity contribution in [3.8, 4) is 17.3 Å². The van der Waals surface area contributed by atoms with Gasteiger partial charge in [-0.2, -0.15) is 23.5 Å². The van der Waals surface area contributed by atoms with Gasteiger partial charge in [-0.15, -0.1) is 0 Å². The van der Waals surface area contributed by atoms with Gasteiger partial charge in [0.25, 0.3) is 5.91 Å². The molecule has 4 N–H and O–H groups in total. The van der Waals surface area contributed by atoms with Gasteiger partial charge in [0.05, 0.1) is 30.1 Å². The van der Waals surface area contributed by atoms with Gasteiger partial charge in [0.1, 0.15) is 6.54 Å². The fourth-order valence-electron chi connectivity index (χ4n) is 4.12. The van der Waals surface area contributed by atoms with Crippen molar-refractivity contribution in [2.45, 2.75) is 32.5 Å². The molecule has 0 radical (unpaired) electrons. The monoisotopic (exact) mass is 555 g/mol. The molecule has 0 bridgehead atoms. The van der Waals surface area contributed by atoms with Crippen molar-refractivity contribution in [2.24, 2.45) is 5.73 Å². The first-order valence-electron chi connectivity index (χ1n) is 12.6. The first-order chi connectivity index (χ1) is 19.3. The van der Waals surface area contributed by atoms with Crippen molar-refractivity contribution in [2.75, 3.05) is 31.6 Å². The molecule has 0 spiro atoms. The number of carbonyl (C=O) groups is 1. The molecule has 14 heteroatoms. The molecule has 4 rings (SSSR count). The van der Waals surface area contributed by atoms with E-state index in [0.717, 1.165) is 16.7 Å². The van der Waals surface area contributed by atoms with Crippen LogP contribution in [0.1, 0.15) is 35.0 Å². The number of aromatic nitrogens is 5. The number of carbonyl (C=O) groups excluding carboxylic acids is 1. The van der Waals surface area contributed by atoms with Crippen LogP contribution in [0.3, 0.4) is 0 Å². The third-order valence-corrected chi connectivity index (χ3v) is 5.99. The lowest BCUT2D eigenvalue weighted by molar-refractivity contribution is -0.141. The Kier molecular flexibility index (Phi) is 8.97. The molecule has 1 amide bonds. The molecule has 0 aliphatic heterocycles. The van der Waals surface area contributed by atoms with Crippen LogP contribution in [-0.2, 0) is 23.9 Å². The highest BCUT2D eigenvalue weighted by Gasteiger charge is 2.38. The van der Waals surface area contributed by atoms with Gasteiger partial charge in [0.15, 0.2) is 17.2 Å². The number of rotatable bonds is 12. The largest absolute Gasteiger partial charge is 0.435 e. The SMILES string of the molecule is CCc1cc(Nc2nccn3c(-c4cn(CC#N)nc4C(F)(F)F)cnc23)ccc1C(=O)NCCOCCCN. The third kappa shape index (κ3) is 6.38. The first-order valence-corrected chi connectivity index (χ1v) is 12.6. The number of hydrogen-bond acceptors (Lipinski definition) is 8. The van der Waals surface area contributed by atoms with Gasteiger partial charge in [0, 0.05) is 43.0 Å². The smallest absolute Gasteiger partial charge is 0.380 e. The summed E-state index contributed by atoms with van der Waals surface area (Å²) in [6.07, 6.45) is 2.02. The molecular formula is C26H28F3N9O2. The predicted molar refractivity (Wildman–Crippen MR) is 141 cm³/mol. The van der Waals surface area contributed by atoms with Crippen LogP contribution in [0.5, 0.6) is 0 Å². The summed E-state index contributed by atoms with van der Waals surface area (Å²) >= 11 is 0. The Labute approximate surface area is 227 Å². The minimum absolute atomic E-state index is 0.144. The van der Waals surface area contributed by atoms with Crippen LogP contribution >= 0.6 is 0 Å². The average molecular weight is 556 g/mol. The lowest BCUT2D eigenvalue weighted by Gasteiger charge is -2.13. The predicted octanol–water partition coefficient (Wildman–Crippen LogP) is 3.54. The number of halogens is 3. The standard InChI is InChI=1S/C26H28F3N9O2/c1-2-17-14-18(4-5-19(17)25(39)33-9-13-40-12-3-6-30)35-23-24-34-15-21(38(24)11-8-32-23)20-16-37(10-7-31)36-22(20)26(27,28)29/h4-5,8,11,14-16H,2-3,6,9-10,12-13,30H2,1H3,(H,32,35)(H,33,39). The zero-order chi connectivity index (χ0) is 28.7. The zero-order valence-corrected chi connectivity index (χ0v) is 21.7. The number of alkyl halides is 3. The van der Waals surface area contributed by atoms with E-state index >= 15 is 0 Å². The highest BCUT2D eigenvalue weighted by molar-refractivity contribution is 5.96. The number of amides is 1. The summed E-state index contributed by atoms with van der Waals surface area (Å²) in [5.41, 5.74) is 6.49. The van der Waals surface area contributed by atoms with Crippen molar-refractivity contribution in [3.63, 3.8) is 0 Å². The summed E-state index contributed by atoms with van der Waals surface area (Å²) < 4.78 is 48.9. The Balaban J connectivity index is 1.56. The van der Waals surface area contributed by atoms with E-state index in [-0.39, 0.29) is 29.4 Å². The lowest BCUT2D eigenvalue weighted by atomic mass is 10.0. The number of nitrogens with zero attached hydrogens (tertiary/aromatic N) is 6. The van der Waals surface area contributed by atoms with E-state index in [1.807, 2.05) is 13.0 Å². The van der Waals surface area contributed by atoms with Crippen LogP contribution in [0, 0.1) is 11.3 Å². The number of fused-ring (bicyclic) bond motifs is 1. The molecular weight excluding hydrogens is 527 g/mol. The number of aryl methyl sites for hydroxylation is 1. The number of anilines is 2. The maximum Gasteiger partial charge on any atom is 0.435 e. The zero-order valence-electron chi connectivity index (χ0n) is 21.7. The van der Waals surface area contributed by atoms with Gasteiger partial charge in [-0.05, 0) is 43.1 Å². The molecule has 40 heavy (non-hydrogen) atoms. The fraction of sp³-hybridized carbons (Fsp3) is 0.346. The summed E-state index contributed by atoms with van der Waals surface area (Å²) in [5, 5.41) is 18.5. The van der Waals surface area contributed by atoms with Crippen molar-refractivity contribution >= 4 is 23.1 Å². The van der Waals surface area contributed by atoms with Crippen LogP contribution in [0.4, 0.5) is 24.7 Å². The summed E-state index contributed by atoms with van der Waals surface area (Å²) in [5.74, 6) is 0.0852. The third-order valence-electron chi connectivity index (χ3n) is 5.99. The van der Waals surface area contributed by atoms with Crippen molar-refractivity contribution in [1.29, 1.82) is 5.26 Å². The quantitative estimate of drug-likeness (QED) is 0.225. The molecule has 0 fully saturated rings. The molecule has 0 saturated heterocycles. The minimum Gasteiger partial charge on any atom is -0.380 e. The van der Waals surface area contributed by atoms with Crippen molar-refractivity contribution in [3.05, 3.63) is 59.8 Å². The van der Waals surface area contributed by atoms with Crippen LogP contribution < -0.4 is 16.4 Å². The van der Waals surface area contributed by atoms with Gasteiger partial charge in [-0.3, -0.25) is 13.9 Å². The molecule has 1 aromatic carbocycles. The molecule has 0 aliphatic rings. The Morgan fingerprint density at radius 2 is 2.08 bits per heavy atom. The number of nitriles is 1. The molecule has 11 nitrogen and oxygen atoms in total. The Bertz CT molecular complexity index is 1520. The van der Waals surface area contributed by atoms with E-state index < -0.39 is 11.9 Å². The Hall–Kier alpha value is -4.48. The molecule has 4 aromatic rings. The molecule has 0 unspecified atom stereocenters. The van der Waals surface area contributed by atoms with Gasteiger partial charge in [0.2, 0.25) is 0 Å². The summed E-state index contributed by atoms with van der Waals surface area (Å²) in [4.78, 5) is 21.3. The van der Waals surface area contributed by atoms with Crippen molar-refractivity contribution < 1.29 is 22.7 Å². The molecule has 3 aromatic heterocycles. The minimum atomic E-state index is -4.73. The number of benzene rings is 1. The highest BCUT2D eigenvalue weighted by Crippen LogP contribution is 2.37. The van der Waals surface area contributed by atoms with E-state index in [1.165, 1.54) is 29.2 Å². The molecule has 3 heterocycles. The van der Waals surface area contributed by atoms with E-state index in [4.69, 9.17) is 15.7 Å². The number of nitrogens with two attached hydrogens (primary N) is 1. The summed E-state index contributed by atoms with van der Waals surface area (Å²) in [6.45, 7) is 3.44. The van der Waals surface area contributed by atoms with Crippen molar-refractivity contribution in [1.82, 2.24) is 29.5 Å². The van der Waals surface area contributed by atoms with Gasteiger partial charge >= 0.3 is 6.18 Å². The normalized spacial score (nSPS) is 11.5. The summed E-state index contributed by atoms with van der Waals surface area (Å²) in [7, 11) is 0. The maximum atomic E-state index is 13.7. The van der Waals surface area contributed by atoms with E-state index in [1.54, 1.807) is 18.2 Å². The van der Waals surface area contributed by atoms with Crippen LogP contribution in [0.15, 0.2) is 43.0 Å². The Morgan fingerprint density at radius 1 is 1.25 bits per heavy atom. The molecule has 210 valence electrons. The van der Waals surface area contributed by atoms with Crippen LogP contribution in [0.25, 0.3) is 16.9 Å². The second-order valence-corrected chi connectivity index (χ2v) is 8.72. The lowest BCUT2D eigenvalue weighted by Crippen LogP contribution is -2.28. The second-order valence-electron chi connectivity index (χ2n) is 8.72. The molecule has 0 aliphatic carbocycles. The number of hydrogen-bond donors (Lipinski definition) is 3. The van der Waals surface area contributed by atoms with Gasteiger partial charge < -0.3 is 21.1 Å². The maximum absolute atomic E-state index is 13.7. The van der Waals surface area contributed by atoms with Gasteiger partial charge in [-0.25, -0.2) is 9.97 Å². The molecule has 0 atom stereocenters. The number of imidazole rings is 1. The molecule has 0 saturated carbocycles. The highest BCUT2D eigenvalue weighted by atomic mass is 19.4. The van der Waals surface area contributed by atoms with E-state index in [0.29, 0.717) is 49.8 Å². The average Bonchev–Trinajstić information content (AvgIpc) is 3.55. The first kappa shape index (κ1) is 28.5. The van der Waals surface area contributed by atoms with E-state index in [2.05, 4.69) is 25.7 Å². The topological polar surface area (TPSA) is 148 Å².